The van der Waals surface area contributed by atoms with Crippen LogP contribution in [0.1, 0.15) is 58.8 Å². The van der Waals surface area contributed by atoms with Crippen LogP contribution >= 0.6 is 0 Å². The molecule has 2 fully saturated rings. The first-order valence-corrected chi connectivity index (χ1v) is 8.29. The van der Waals surface area contributed by atoms with Crippen molar-refractivity contribution in [2.75, 3.05) is 6.54 Å². The van der Waals surface area contributed by atoms with E-state index in [-0.39, 0.29) is 18.1 Å². The molecule has 2 rings (SSSR count). The molecular weight excluding hydrogens is 268 g/mol. The first-order valence-electron chi connectivity index (χ1n) is 8.29. The minimum absolute atomic E-state index is 0.0767. The first-order chi connectivity index (χ1) is 9.99. The standard InChI is InChI=1S/C16H28N2O3/c1-11-8-9-12(2)18(10-11)16(21)17-14-7-5-3-4-6-13(14)15(19)20/h11-14H,3-10H2,1-2H3,(H,17,21)(H,19,20). The quantitative estimate of drug-likeness (QED) is 0.770. The second-order valence-electron chi connectivity index (χ2n) is 6.82. The maximum atomic E-state index is 12.5. The molecule has 0 radical (unpaired) electrons. The molecule has 1 aliphatic carbocycles. The number of carboxylic acid groups (broad SMARTS) is 1. The van der Waals surface area contributed by atoms with Crippen molar-refractivity contribution in [2.45, 2.75) is 70.9 Å². The van der Waals surface area contributed by atoms with Gasteiger partial charge in [-0.25, -0.2) is 4.79 Å². The van der Waals surface area contributed by atoms with Gasteiger partial charge in [-0.3, -0.25) is 4.79 Å². The van der Waals surface area contributed by atoms with Crippen LogP contribution in [0.25, 0.3) is 0 Å². The Kier molecular flexibility index (Phi) is 5.48. The molecule has 0 aromatic heterocycles. The summed E-state index contributed by atoms with van der Waals surface area (Å²) in [5.41, 5.74) is 0. The van der Waals surface area contributed by atoms with E-state index in [1.54, 1.807) is 0 Å². The summed E-state index contributed by atoms with van der Waals surface area (Å²) in [6.07, 6.45) is 6.65. The molecule has 5 nitrogen and oxygen atoms in total. The van der Waals surface area contributed by atoms with Gasteiger partial charge in [0.1, 0.15) is 0 Å². The predicted molar refractivity (Wildman–Crippen MR) is 81.1 cm³/mol. The Morgan fingerprint density at radius 3 is 2.48 bits per heavy atom. The molecular formula is C16H28N2O3. The molecule has 1 heterocycles. The Morgan fingerprint density at radius 1 is 1.05 bits per heavy atom. The Balaban J connectivity index is 2.00. The van der Waals surface area contributed by atoms with Crippen molar-refractivity contribution in [2.24, 2.45) is 11.8 Å². The third-order valence-electron chi connectivity index (χ3n) is 5.02. The number of aliphatic carboxylic acids is 1. The molecule has 120 valence electrons. The third kappa shape index (κ3) is 4.11. The monoisotopic (exact) mass is 296 g/mol. The van der Waals surface area contributed by atoms with Crippen LogP contribution in [0.2, 0.25) is 0 Å². The van der Waals surface area contributed by atoms with Crippen LogP contribution in [0.15, 0.2) is 0 Å². The number of nitrogens with zero attached hydrogens (tertiary/aromatic N) is 1. The van der Waals surface area contributed by atoms with E-state index >= 15 is 0 Å². The maximum Gasteiger partial charge on any atom is 0.317 e. The van der Waals surface area contributed by atoms with Crippen molar-refractivity contribution in [1.29, 1.82) is 0 Å². The lowest BCUT2D eigenvalue weighted by molar-refractivity contribution is -0.142. The fourth-order valence-corrected chi connectivity index (χ4v) is 3.59. The summed E-state index contributed by atoms with van der Waals surface area (Å²) in [6.45, 7) is 5.02. The summed E-state index contributed by atoms with van der Waals surface area (Å²) in [4.78, 5) is 25.8. The Hall–Kier alpha value is -1.26. The molecule has 2 N–H and O–H groups in total. The highest BCUT2D eigenvalue weighted by atomic mass is 16.4. The van der Waals surface area contributed by atoms with Crippen molar-refractivity contribution in [3.8, 4) is 0 Å². The number of hydrogen-bond acceptors (Lipinski definition) is 2. The minimum atomic E-state index is -0.776. The minimum Gasteiger partial charge on any atom is -0.481 e. The van der Waals surface area contributed by atoms with Crippen molar-refractivity contribution in [3.05, 3.63) is 0 Å². The van der Waals surface area contributed by atoms with Gasteiger partial charge in [-0.1, -0.05) is 26.2 Å². The molecule has 0 spiro atoms. The zero-order valence-corrected chi connectivity index (χ0v) is 13.2. The van der Waals surface area contributed by atoms with Crippen LogP contribution < -0.4 is 5.32 Å². The fourth-order valence-electron chi connectivity index (χ4n) is 3.59. The number of hydrogen-bond donors (Lipinski definition) is 2. The number of piperidine rings is 1. The second-order valence-corrected chi connectivity index (χ2v) is 6.82. The van der Waals surface area contributed by atoms with Crippen LogP contribution in [0.5, 0.6) is 0 Å². The molecule has 1 aliphatic heterocycles. The second kappa shape index (κ2) is 7.14. The number of urea groups is 1. The van der Waals surface area contributed by atoms with Gasteiger partial charge in [0, 0.05) is 18.6 Å². The molecule has 4 atom stereocenters. The predicted octanol–water partition coefficient (Wildman–Crippen LogP) is 2.85. The highest BCUT2D eigenvalue weighted by molar-refractivity contribution is 5.77. The molecule has 1 saturated heterocycles. The van der Waals surface area contributed by atoms with Crippen molar-refractivity contribution in [1.82, 2.24) is 10.2 Å². The van der Waals surface area contributed by atoms with E-state index in [1.807, 2.05) is 4.90 Å². The summed E-state index contributed by atoms with van der Waals surface area (Å²) < 4.78 is 0. The highest BCUT2D eigenvalue weighted by Gasteiger charge is 2.33. The average molecular weight is 296 g/mol. The summed E-state index contributed by atoms with van der Waals surface area (Å²) in [5, 5.41) is 12.4. The summed E-state index contributed by atoms with van der Waals surface area (Å²) >= 11 is 0. The molecule has 5 heteroatoms. The van der Waals surface area contributed by atoms with E-state index in [0.29, 0.717) is 12.3 Å². The Labute approximate surface area is 127 Å². The molecule has 1 saturated carbocycles. The molecule has 0 aromatic carbocycles. The fraction of sp³-hybridized carbons (Fsp3) is 0.875. The molecule has 2 amide bonds. The van der Waals surface area contributed by atoms with Gasteiger partial charge in [-0.2, -0.15) is 0 Å². The van der Waals surface area contributed by atoms with E-state index in [1.165, 1.54) is 0 Å². The summed E-state index contributed by atoms with van der Waals surface area (Å²) in [5.74, 6) is -0.687. The van der Waals surface area contributed by atoms with Crippen molar-refractivity contribution < 1.29 is 14.7 Å². The van der Waals surface area contributed by atoms with Crippen LogP contribution in [-0.4, -0.2) is 40.6 Å². The van der Waals surface area contributed by atoms with Crippen molar-refractivity contribution in [3.63, 3.8) is 0 Å². The summed E-state index contributed by atoms with van der Waals surface area (Å²) in [7, 11) is 0. The topological polar surface area (TPSA) is 69.6 Å². The van der Waals surface area contributed by atoms with Gasteiger partial charge in [0.05, 0.1) is 5.92 Å². The van der Waals surface area contributed by atoms with Gasteiger partial charge in [0.2, 0.25) is 0 Å². The van der Waals surface area contributed by atoms with Crippen molar-refractivity contribution >= 4 is 12.0 Å². The lowest BCUT2D eigenvalue weighted by Gasteiger charge is -2.38. The van der Waals surface area contributed by atoms with Crippen LogP contribution in [-0.2, 0) is 4.79 Å². The average Bonchev–Trinajstić information content (AvgIpc) is 2.67. The molecule has 0 bridgehead atoms. The number of rotatable bonds is 2. The number of carboxylic acids is 1. The van der Waals surface area contributed by atoms with E-state index < -0.39 is 11.9 Å². The van der Waals surface area contributed by atoms with Crippen LogP contribution in [0.4, 0.5) is 4.79 Å². The lowest BCUT2D eigenvalue weighted by atomic mass is 9.94. The SMILES string of the molecule is CC1CCC(C)N(C(=O)NC2CCCCCC2C(=O)O)C1. The van der Waals surface area contributed by atoms with E-state index in [2.05, 4.69) is 19.2 Å². The number of carbonyl (C=O) groups excluding carboxylic acids is 1. The van der Waals surface area contributed by atoms with E-state index in [0.717, 1.165) is 45.1 Å². The maximum absolute atomic E-state index is 12.5. The molecule has 4 unspecified atom stereocenters. The number of likely N-dealkylation sites (tertiary alicyclic amines) is 1. The van der Waals surface area contributed by atoms with Gasteiger partial charge in [-0.15, -0.1) is 0 Å². The third-order valence-corrected chi connectivity index (χ3v) is 5.02. The van der Waals surface area contributed by atoms with Gasteiger partial charge in [0.15, 0.2) is 0 Å². The lowest BCUT2D eigenvalue weighted by Crippen LogP contribution is -2.53. The normalized spacial score (nSPS) is 34.1. The highest BCUT2D eigenvalue weighted by Crippen LogP contribution is 2.25. The first kappa shape index (κ1) is 16.1. The van der Waals surface area contributed by atoms with Crippen LogP contribution in [0.3, 0.4) is 0 Å². The zero-order valence-electron chi connectivity index (χ0n) is 13.2. The Bertz CT molecular complexity index is 386. The van der Waals surface area contributed by atoms with E-state index in [4.69, 9.17) is 0 Å². The molecule has 2 aliphatic rings. The van der Waals surface area contributed by atoms with Gasteiger partial charge in [-0.05, 0) is 38.5 Å². The largest absolute Gasteiger partial charge is 0.481 e. The number of carbonyl (C=O) groups is 2. The summed E-state index contributed by atoms with van der Waals surface area (Å²) in [6, 6.07) is -0.0515. The zero-order chi connectivity index (χ0) is 15.4. The molecule has 21 heavy (non-hydrogen) atoms. The van der Waals surface area contributed by atoms with Crippen LogP contribution in [0, 0.1) is 11.8 Å². The molecule has 0 aromatic rings. The van der Waals surface area contributed by atoms with Gasteiger partial charge >= 0.3 is 12.0 Å². The smallest absolute Gasteiger partial charge is 0.317 e. The van der Waals surface area contributed by atoms with Gasteiger partial charge < -0.3 is 15.3 Å². The number of nitrogens with one attached hydrogen (secondary N) is 1. The van der Waals surface area contributed by atoms with Gasteiger partial charge in [0.25, 0.3) is 0 Å². The number of amides is 2. The van der Waals surface area contributed by atoms with E-state index in [9.17, 15) is 14.7 Å². The Morgan fingerprint density at radius 2 is 1.76 bits per heavy atom.